The van der Waals surface area contributed by atoms with Gasteiger partial charge in [0.05, 0.1) is 11.3 Å². The number of carbonyl (C=O) groups excluding carboxylic acids is 2. The molecule has 7 nitrogen and oxygen atoms in total. The molecule has 0 bridgehead atoms. The highest BCUT2D eigenvalue weighted by atomic mass is 16.5. The second-order valence-corrected chi connectivity index (χ2v) is 6.10. The highest BCUT2D eigenvalue weighted by Crippen LogP contribution is 2.15. The zero-order valence-corrected chi connectivity index (χ0v) is 14.8. The van der Waals surface area contributed by atoms with E-state index in [-0.39, 0.29) is 12.5 Å². The number of para-hydroxylation sites is 1. The number of ether oxygens (including phenoxy) is 1. The lowest BCUT2D eigenvalue weighted by atomic mass is 10.1. The first-order valence-corrected chi connectivity index (χ1v) is 8.09. The Bertz CT molecular complexity index is 706. The molecule has 2 N–H and O–H groups in total. The van der Waals surface area contributed by atoms with E-state index in [0.717, 1.165) is 5.56 Å². The Balaban J connectivity index is 1.95. The van der Waals surface area contributed by atoms with Gasteiger partial charge in [0.25, 0.3) is 0 Å². The van der Waals surface area contributed by atoms with Gasteiger partial charge in [-0.2, -0.15) is 0 Å². The van der Waals surface area contributed by atoms with Crippen LogP contribution < -0.4 is 10.6 Å². The van der Waals surface area contributed by atoms with Crippen molar-refractivity contribution in [1.82, 2.24) is 10.5 Å². The number of aromatic nitrogens is 1. The number of nitrogens with one attached hydrogen (secondary N) is 2. The van der Waals surface area contributed by atoms with Crippen LogP contribution in [0.2, 0.25) is 0 Å². The van der Waals surface area contributed by atoms with Crippen LogP contribution in [0.4, 0.5) is 10.5 Å². The summed E-state index contributed by atoms with van der Waals surface area (Å²) < 4.78 is 10.4. The molecule has 134 valence electrons. The second kappa shape index (κ2) is 8.32. The highest BCUT2D eigenvalue weighted by Gasteiger charge is 2.26. The fraction of sp³-hybridized carbons (Fsp3) is 0.389. The Morgan fingerprint density at radius 1 is 1.20 bits per heavy atom. The molecule has 2 rings (SSSR count). The summed E-state index contributed by atoms with van der Waals surface area (Å²) in [7, 11) is 0. The van der Waals surface area contributed by atoms with Gasteiger partial charge in [0, 0.05) is 5.69 Å². The van der Waals surface area contributed by atoms with Crippen molar-refractivity contribution in [3.8, 4) is 0 Å². The van der Waals surface area contributed by atoms with E-state index in [1.807, 2.05) is 32.0 Å². The van der Waals surface area contributed by atoms with Gasteiger partial charge in [-0.15, -0.1) is 0 Å². The number of hydrogen-bond acceptors (Lipinski definition) is 5. The summed E-state index contributed by atoms with van der Waals surface area (Å²) in [4.78, 5) is 24.5. The number of amides is 2. The van der Waals surface area contributed by atoms with Crippen LogP contribution in [0.25, 0.3) is 0 Å². The Morgan fingerprint density at radius 3 is 2.44 bits per heavy atom. The molecule has 0 aliphatic carbocycles. The maximum atomic E-state index is 12.4. The monoisotopic (exact) mass is 345 g/mol. The first-order chi connectivity index (χ1) is 11.9. The van der Waals surface area contributed by atoms with E-state index < -0.39 is 18.0 Å². The molecule has 0 aliphatic rings. The average molecular weight is 345 g/mol. The molecule has 25 heavy (non-hydrogen) atoms. The SMILES string of the molecule is Cc1noc(C)c1COC(=O)[C@@H](NC(=O)Nc1ccccc1)C(C)C. The Hall–Kier alpha value is -2.83. The zero-order valence-electron chi connectivity index (χ0n) is 14.8. The lowest BCUT2D eigenvalue weighted by Gasteiger charge is -2.21. The second-order valence-electron chi connectivity index (χ2n) is 6.10. The van der Waals surface area contributed by atoms with Gasteiger partial charge in [0.15, 0.2) is 0 Å². The lowest BCUT2D eigenvalue weighted by Crippen LogP contribution is -2.47. The highest BCUT2D eigenvalue weighted by molar-refractivity contribution is 5.92. The van der Waals surface area contributed by atoms with E-state index in [1.165, 1.54) is 0 Å². The quantitative estimate of drug-likeness (QED) is 0.784. The van der Waals surface area contributed by atoms with E-state index in [1.54, 1.807) is 26.0 Å². The minimum Gasteiger partial charge on any atom is -0.459 e. The van der Waals surface area contributed by atoms with Gasteiger partial charge < -0.3 is 19.9 Å². The maximum Gasteiger partial charge on any atom is 0.329 e. The van der Waals surface area contributed by atoms with Crippen molar-refractivity contribution < 1.29 is 18.8 Å². The fourth-order valence-electron chi connectivity index (χ4n) is 2.27. The standard InChI is InChI=1S/C18H23N3O4/c1-11(2)16(20-18(23)19-14-8-6-5-7-9-14)17(22)24-10-15-12(3)21-25-13(15)4/h5-9,11,16H,10H2,1-4H3,(H2,19,20,23)/t16-/m0/s1. The third-order valence-electron chi connectivity index (χ3n) is 3.78. The molecule has 1 aromatic carbocycles. The number of anilines is 1. The molecule has 0 aliphatic heterocycles. The number of carbonyl (C=O) groups is 2. The van der Waals surface area contributed by atoms with Gasteiger partial charge in [0.2, 0.25) is 0 Å². The van der Waals surface area contributed by atoms with Crippen molar-refractivity contribution in [2.45, 2.75) is 40.3 Å². The van der Waals surface area contributed by atoms with Crippen LogP contribution in [-0.2, 0) is 16.1 Å². The number of aryl methyl sites for hydroxylation is 2. The predicted octanol–water partition coefficient (Wildman–Crippen LogP) is 3.18. The van der Waals surface area contributed by atoms with Crippen LogP contribution in [0.15, 0.2) is 34.9 Å². The fourth-order valence-corrected chi connectivity index (χ4v) is 2.27. The molecule has 1 aromatic heterocycles. The average Bonchev–Trinajstić information content (AvgIpc) is 2.89. The van der Waals surface area contributed by atoms with E-state index in [9.17, 15) is 9.59 Å². The van der Waals surface area contributed by atoms with Crippen LogP contribution in [-0.4, -0.2) is 23.2 Å². The Kier molecular flexibility index (Phi) is 6.16. The molecule has 0 spiro atoms. The third-order valence-corrected chi connectivity index (χ3v) is 3.78. The number of urea groups is 1. The molecule has 0 saturated heterocycles. The molecule has 7 heteroatoms. The van der Waals surface area contributed by atoms with Crippen molar-refractivity contribution in [3.63, 3.8) is 0 Å². The molecule has 2 aromatic rings. The van der Waals surface area contributed by atoms with E-state index in [0.29, 0.717) is 17.1 Å². The summed E-state index contributed by atoms with van der Waals surface area (Å²) in [5.74, 6) is -0.0157. The van der Waals surface area contributed by atoms with Gasteiger partial charge in [-0.3, -0.25) is 0 Å². The summed E-state index contributed by atoms with van der Waals surface area (Å²) in [6, 6.07) is 7.79. The van der Waals surface area contributed by atoms with Crippen molar-refractivity contribution in [3.05, 3.63) is 47.3 Å². The van der Waals surface area contributed by atoms with Gasteiger partial charge in [-0.25, -0.2) is 9.59 Å². The zero-order chi connectivity index (χ0) is 18.4. The van der Waals surface area contributed by atoms with Crippen LogP contribution >= 0.6 is 0 Å². The summed E-state index contributed by atoms with van der Waals surface area (Å²) >= 11 is 0. The first-order valence-electron chi connectivity index (χ1n) is 8.09. The Morgan fingerprint density at radius 2 is 1.88 bits per heavy atom. The summed E-state index contributed by atoms with van der Waals surface area (Å²) in [6.45, 7) is 7.28. The van der Waals surface area contributed by atoms with Gasteiger partial charge in [-0.05, 0) is 31.9 Å². The van der Waals surface area contributed by atoms with Gasteiger partial charge in [0.1, 0.15) is 18.4 Å². The molecule has 0 fully saturated rings. The summed E-state index contributed by atoms with van der Waals surface area (Å²) in [5.41, 5.74) is 2.07. The third kappa shape index (κ3) is 5.07. The summed E-state index contributed by atoms with van der Waals surface area (Å²) in [5, 5.41) is 9.17. The number of rotatable bonds is 6. The summed E-state index contributed by atoms with van der Waals surface area (Å²) in [6.07, 6.45) is 0. The van der Waals surface area contributed by atoms with Crippen LogP contribution in [0, 0.1) is 19.8 Å². The van der Waals surface area contributed by atoms with Crippen LogP contribution in [0.5, 0.6) is 0 Å². The molecule has 2 amide bonds. The number of hydrogen-bond donors (Lipinski definition) is 2. The van der Waals surface area contributed by atoms with Crippen LogP contribution in [0.1, 0.15) is 30.9 Å². The minimum atomic E-state index is -0.760. The van der Waals surface area contributed by atoms with Crippen molar-refractivity contribution in [2.75, 3.05) is 5.32 Å². The first kappa shape index (κ1) is 18.5. The van der Waals surface area contributed by atoms with Crippen molar-refractivity contribution in [2.24, 2.45) is 5.92 Å². The number of benzene rings is 1. The van der Waals surface area contributed by atoms with Gasteiger partial charge in [-0.1, -0.05) is 37.2 Å². The van der Waals surface area contributed by atoms with E-state index >= 15 is 0 Å². The molecule has 1 atom stereocenters. The predicted molar refractivity (Wildman–Crippen MR) is 93.0 cm³/mol. The van der Waals surface area contributed by atoms with E-state index in [4.69, 9.17) is 9.26 Å². The molecular weight excluding hydrogens is 322 g/mol. The molecule has 0 saturated carbocycles. The van der Waals surface area contributed by atoms with Crippen LogP contribution in [0.3, 0.4) is 0 Å². The maximum absolute atomic E-state index is 12.4. The Labute approximate surface area is 146 Å². The molecule has 0 radical (unpaired) electrons. The number of esters is 1. The van der Waals surface area contributed by atoms with E-state index in [2.05, 4.69) is 15.8 Å². The smallest absolute Gasteiger partial charge is 0.329 e. The van der Waals surface area contributed by atoms with Crippen molar-refractivity contribution >= 4 is 17.7 Å². The molecule has 0 unspecified atom stereocenters. The lowest BCUT2D eigenvalue weighted by molar-refractivity contribution is -0.148. The largest absolute Gasteiger partial charge is 0.459 e. The minimum absolute atomic E-state index is 0.0607. The molecule has 1 heterocycles. The van der Waals surface area contributed by atoms with Gasteiger partial charge >= 0.3 is 12.0 Å². The molecular formula is C18H23N3O4. The topological polar surface area (TPSA) is 93.5 Å². The number of nitrogens with zero attached hydrogens (tertiary/aromatic N) is 1. The normalized spacial score (nSPS) is 11.9. The van der Waals surface area contributed by atoms with Crippen molar-refractivity contribution in [1.29, 1.82) is 0 Å².